The Morgan fingerprint density at radius 3 is 2.26 bits per heavy atom. The molecule has 2 N–H and O–H groups in total. The molecule has 5 atom stereocenters. The molecule has 4 aliphatic rings. The second-order valence-electron chi connectivity index (χ2n) is 11.7. The minimum Gasteiger partial charge on any atom is -0.327 e. The Morgan fingerprint density at radius 2 is 1.63 bits per heavy atom. The number of allylic oxidation sites excluding steroid dienone is 2. The lowest BCUT2D eigenvalue weighted by molar-refractivity contribution is -0.311. The molecule has 10 heteroatoms. The van der Waals surface area contributed by atoms with Gasteiger partial charge < -0.3 is 10.6 Å². The molecule has 1 aromatic rings. The van der Waals surface area contributed by atoms with E-state index in [2.05, 4.69) is 12.2 Å². The Balaban J connectivity index is 1.55. The summed E-state index contributed by atoms with van der Waals surface area (Å²) in [6.45, 7) is 4.11. The second-order valence-corrected chi connectivity index (χ2v) is 11.7. The summed E-state index contributed by atoms with van der Waals surface area (Å²) in [4.78, 5) is 26.1. The molecule has 2 amide bonds. The van der Waals surface area contributed by atoms with Crippen molar-refractivity contribution in [2.75, 3.05) is 0 Å². The van der Waals surface area contributed by atoms with Crippen molar-refractivity contribution in [3.8, 4) is 0 Å². The maximum Gasteiger partial charge on any atom is 0.424 e. The molecule has 1 aliphatic heterocycles. The van der Waals surface area contributed by atoms with Crippen molar-refractivity contribution in [3.05, 3.63) is 59.3 Å². The Bertz CT molecular complexity index is 1190. The molecule has 38 heavy (non-hydrogen) atoms. The minimum atomic E-state index is -5.94. The van der Waals surface area contributed by atoms with E-state index in [1.54, 1.807) is 0 Å². The van der Waals surface area contributed by atoms with Gasteiger partial charge in [0.2, 0.25) is 0 Å². The van der Waals surface area contributed by atoms with Crippen LogP contribution in [0.3, 0.4) is 0 Å². The fraction of sp³-hybridized carbons (Fsp3) is 0.571. The van der Waals surface area contributed by atoms with Crippen LogP contribution in [0.25, 0.3) is 0 Å². The van der Waals surface area contributed by atoms with Gasteiger partial charge in [0.15, 0.2) is 0 Å². The fourth-order valence-corrected chi connectivity index (χ4v) is 7.75. The Morgan fingerprint density at radius 1 is 0.974 bits per heavy atom. The van der Waals surface area contributed by atoms with E-state index in [-0.39, 0.29) is 17.3 Å². The molecule has 2 fully saturated rings. The highest BCUT2D eigenvalue weighted by Crippen LogP contribution is 2.63. The van der Waals surface area contributed by atoms with E-state index >= 15 is 0 Å². The zero-order valence-corrected chi connectivity index (χ0v) is 21.1. The van der Waals surface area contributed by atoms with Gasteiger partial charge in [-0.3, -0.25) is 9.59 Å². The molecule has 4 nitrogen and oxygen atoms in total. The van der Waals surface area contributed by atoms with Gasteiger partial charge in [0.1, 0.15) is 5.57 Å². The molecule has 1 heterocycles. The average molecular weight is 541 g/mol. The molecular formula is C28H30F6N2O2. The van der Waals surface area contributed by atoms with E-state index in [4.69, 9.17) is 0 Å². The largest absolute Gasteiger partial charge is 0.424 e. The number of benzene rings is 1. The lowest BCUT2D eigenvalue weighted by Gasteiger charge is -2.55. The number of hydrogen-bond acceptors (Lipinski definition) is 2. The standard InChI is InChI=1S/C28H30F6N2O2/c1-24-13-6-9-19(24)17-10-11-21-25(2,20(17)12-14-24)15-18(22(37)35-21)23(38)36-26(27(29,30)31,28(32,33)34)16-7-4-3-5-8-16/h3-5,7-8,11,15,17,19-20H,6,9-10,12-14H2,1-2H3,(H,35,37)(H,36,38)/t17-,19-,20+,24-,25+/m0/s1. The van der Waals surface area contributed by atoms with Crippen molar-refractivity contribution in [2.45, 2.75) is 70.3 Å². The van der Waals surface area contributed by atoms with Crippen molar-refractivity contribution in [2.24, 2.45) is 28.6 Å². The summed E-state index contributed by atoms with van der Waals surface area (Å²) in [5.74, 6) is -2.02. The fourth-order valence-electron chi connectivity index (χ4n) is 7.75. The van der Waals surface area contributed by atoms with E-state index < -0.39 is 46.3 Å². The van der Waals surface area contributed by atoms with Crippen LogP contribution in [0.2, 0.25) is 0 Å². The molecule has 1 aromatic carbocycles. The van der Waals surface area contributed by atoms with E-state index in [0.29, 0.717) is 23.7 Å². The third-order valence-corrected chi connectivity index (χ3v) is 9.70. The summed E-state index contributed by atoms with van der Waals surface area (Å²) in [6, 6.07) is 4.64. The van der Waals surface area contributed by atoms with Crippen LogP contribution < -0.4 is 10.6 Å². The van der Waals surface area contributed by atoms with Gasteiger partial charge in [-0.05, 0) is 60.8 Å². The van der Waals surface area contributed by atoms with Gasteiger partial charge in [-0.15, -0.1) is 0 Å². The number of rotatable bonds is 3. The predicted molar refractivity (Wildman–Crippen MR) is 127 cm³/mol. The number of hydrogen-bond donors (Lipinski definition) is 2. The number of alkyl halides is 6. The van der Waals surface area contributed by atoms with Crippen molar-refractivity contribution in [1.82, 2.24) is 10.6 Å². The molecular weight excluding hydrogens is 510 g/mol. The molecule has 206 valence electrons. The number of halogens is 6. The van der Waals surface area contributed by atoms with Crippen LogP contribution in [-0.2, 0) is 15.1 Å². The lowest BCUT2D eigenvalue weighted by Crippen LogP contribution is -2.65. The SMILES string of the molecule is C[C@@]12CCC[C@H]1[C@@H]1CC=C3NC(=O)C(C(=O)NC(c4ccccc4)(C(F)(F)F)C(F)(F)F)=C[C@]3(C)[C@@H]1CC2. The van der Waals surface area contributed by atoms with Crippen LogP contribution in [0.15, 0.2) is 53.8 Å². The second kappa shape index (κ2) is 8.61. The first kappa shape index (κ1) is 26.8. The molecule has 0 spiro atoms. The van der Waals surface area contributed by atoms with E-state index in [1.807, 2.05) is 13.0 Å². The predicted octanol–water partition coefficient (Wildman–Crippen LogP) is 6.31. The molecule has 0 saturated heterocycles. The van der Waals surface area contributed by atoms with Crippen LogP contribution in [-0.4, -0.2) is 24.2 Å². The van der Waals surface area contributed by atoms with E-state index in [1.165, 1.54) is 17.5 Å². The molecule has 0 bridgehead atoms. The average Bonchev–Trinajstić information content (AvgIpc) is 3.23. The minimum absolute atomic E-state index is 0.00573. The van der Waals surface area contributed by atoms with Crippen molar-refractivity contribution in [1.29, 1.82) is 0 Å². The van der Waals surface area contributed by atoms with Crippen LogP contribution in [0.1, 0.15) is 57.9 Å². The van der Waals surface area contributed by atoms with E-state index in [9.17, 15) is 35.9 Å². The van der Waals surface area contributed by atoms with Gasteiger partial charge in [-0.1, -0.05) is 62.8 Å². The Hall–Kier alpha value is -2.78. The molecule has 3 aliphatic carbocycles. The van der Waals surface area contributed by atoms with Crippen molar-refractivity contribution in [3.63, 3.8) is 0 Å². The Kier molecular flexibility index (Phi) is 6.08. The first-order valence-corrected chi connectivity index (χ1v) is 12.9. The zero-order valence-electron chi connectivity index (χ0n) is 21.1. The van der Waals surface area contributed by atoms with Crippen molar-refractivity contribution < 1.29 is 35.9 Å². The monoisotopic (exact) mass is 540 g/mol. The Labute approximate surface area is 216 Å². The summed E-state index contributed by atoms with van der Waals surface area (Å²) in [6.07, 6.45) is -2.85. The third kappa shape index (κ3) is 3.80. The van der Waals surface area contributed by atoms with Gasteiger partial charge in [-0.2, -0.15) is 26.3 Å². The first-order chi connectivity index (χ1) is 17.6. The highest BCUT2D eigenvalue weighted by Gasteiger charge is 2.73. The van der Waals surface area contributed by atoms with Crippen LogP contribution in [0.5, 0.6) is 0 Å². The molecule has 0 radical (unpaired) electrons. The van der Waals surface area contributed by atoms with Crippen LogP contribution in [0.4, 0.5) is 26.3 Å². The van der Waals surface area contributed by atoms with Crippen LogP contribution >= 0.6 is 0 Å². The lowest BCUT2D eigenvalue weighted by atomic mass is 9.50. The summed E-state index contributed by atoms with van der Waals surface area (Å²) < 4.78 is 85.5. The van der Waals surface area contributed by atoms with Gasteiger partial charge in [0.25, 0.3) is 17.4 Å². The topological polar surface area (TPSA) is 58.2 Å². The summed E-state index contributed by atoms with van der Waals surface area (Å²) in [5, 5.41) is 3.84. The van der Waals surface area contributed by atoms with Gasteiger partial charge in [0.05, 0.1) is 0 Å². The number of carbonyl (C=O) groups is 2. The molecule has 2 saturated carbocycles. The summed E-state index contributed by atoms with van der Waals surface area (Å²) in [7, 11) is 0. The third-order valence-electron chi connectivity index (χ3n) is 9.70. The number of amides is 2. The molecule has 5 rings (SSSR count). The van der Waals surface area contributed by atoms with Gasteiger partial charge in [0, 0.05) is 11.1 Å². The summed E-state index contributed by atoms with van der Waals surface area (Å²) >= 11 is 0. The number of fused-ring (bicyclic) bond motifs is 5. The molecule has 0 aromatic heterocycles. The normalized spacial score (nSPS) is 33.3. The first-order valence-electron chi connectivity index (χ1n) is 12.9. The smallest absolute Gasteiger partial charge is 0.327 e. The maximum absolute atomic E-state index is 14.2. The van der Waals surface area contributed by atoms with Crippen LogP contribution in [0, 0.1) is 28.6 Å². The zero-order chi connectivity index (χ0) is 27.7. The highest BCUT2D eigenvalue weighted by molar-refractivity contribution is 6.20. The maximum atomic E-state index is 14.2. The molecule has 0 unspecified atom stereocenters. The van der Waals surface area contributed by atoms with Gasteiger partial charge >= 0.3 is 12.4 Å². The number of carbonyl (C=O) groups excluding carboxylic acids is 2. The number of nitrogens with one attached hydrogen (secondary N) is 2. The quantitative estimate of drug-likeness (QED) is 0.349. The van der Waals surface area contributed by atoms with Crippen molar-refractivity contribution >= 4 is 11.8 Å². The summed E-state index contributed by atoms with van der Waals surface area (Å²) in [5.41, 5.74) is -6.75. The highest BCUT2D eigenvalue weighted by atomic mass is 19.4. The van der Waals surface area contributed by atoms with Gasteiger partial charge in [-0.25, -0.2) is 0 Å². The van der Waals surface area contributed by atoms with E-state index in [0.717, 1.165) is 50.7 Å².